The topological polar surface area (TPSA) is 9.72 Å². The van der Waals surface area contributed by atoms with Crippen molar-refractivity contribution in [3.8, 4) is 0 Å². The highest BCUT2D eigenvalue weighted by molar-refractivity contribution is 5.86. The normalized spacial score (nSPS) is 20.1. The average molecular weight is 383 g/mol. The van der Waals surface area contributed by atoms with Crippen molar-refractivity contribution in [3.05, 3.63) is 35.9 Å². The lowest BCUT2D eigenvalue weighted by Gasteiger charge is -2.49. The van der Waals surface area contributed by atoms with Crippen molar-refractivity contribution in [1.82, 2.24) is 14.7 Å². The summed E-state index contributed by atoms with van der Waals surface area (Å²) in [5.41, 5.74) is 1.45. The fraction of sp³-hybridized carbons (Fsp3) is 0.647. The minimum atomic E-state index is 0. The molecule has 23 heavy (non-hydrogen) atoms. The van der Waals surface area contributed by atoms with Crippen molar-refractivity contribution in [2.24, 2.45) is 0 Å². The Labute approximate surface area is 159 Å². The molecule has 0 spiro atoms. The smallest absolute Gasteiger partial charge is 0.0344 e. The van der Waals surface area contributed by atoms with Gasteiger partial charge in [0, 0.05) is 31.7 Å². The second-order valence-electron chi connectivity index (χ2n) is 6.56. The summed E-state index contributed by atoms with van der Waals surface area (Å²) in [6, 6.07) is 12.5. The Balaban J connectivity index is 0.00000161. The molecule has 0 bridgehead atoms. The standard InChI is InChI=1S/C17H27N3.3ClH/c1-18(2)17-13-20(14-17)16-8-10-19(11-9-16)12-15-6-4-3-5-7-15;;;/h3-7,16-17H,8-14H2,1-2H3;3*1H. The Bertz CT molecular complexity index is 416. The maximum absolute atomic E-state index is 2.69. The van der Waals surface area contributed by atoms with E-state index in [1.807, 2.05) is 0 Å². The van der Waals surface area contributed by atoms with Crippen LogP contribution >= 0.6 is 37.2 Å². The minimum absolute atomic E-state index is 0. The predicted octanol–water partition coefficient (Wildman–Crippen LogP) is 3.16. The lowest BCUT2D eigenvalue weighted by Crippen LogP contribution is -2.62. The third-order valence-corrected chi connectivity index (χ3v) is 4.94. The highest BCUT2D eigenvalue weighted by atomic mass is 35.5. The van der Waals surface area contributed by atoms with E-state index in [1.165, 1.54) is 44.6 Å². The third kappa shape index (κ3) is 6.08. The van der Waals surface area contributed by atoms with Crippen LogP contribution in [0.3, 0.4) is 0 Å². The second-order valence-corrected chi connectivity index (χ2v) is 6.56. The van der Waals surface area contributed by atoms with Gasteiger partial charge in [0.2, 0.25) is 0 Å². The minimum Gasteiger partial charge on any atom is -0.304 e. The molecule has 0 unspecified atom stereocenters. The van der Waals surface area contributed by atoms with E-state index in [0.29, 0.717) is 0 Å². The monoisotopic (exact) mass is 381 g/mol. The summed E-state index contributed by atoms with van der Waals surface area (Å²) < 4.78 is 0. The Morgan fingerprint density at radius 1 is 0.957 bits per heavy atom. The predicted molar refractivity (Wildman–Crippen MR) is 106 cm³/mol. The van der Waals surface area contributed by atoms with E-state index in [4.69, 9.17) is 0 Å². The molecule has 0 amide bonds. The zero-order valence-corrected chi connectivity index (χ0v) is 16.5. The summed E-state index contributed by atoms with van der Waals surface area (Å²) in [6.07, 6.45) is 2.68. The average Bonchev–Trinajstić information content (AvgIpc) is 2.40. The molecule has 3 nitrogen and oxygen atoms in total. The van der Waals surface area contributed by atoms with Crippen molar-refractivity contribution < 1.29 is 0 Å². The number of nitrogens with zero attached hydrogens (tertiary/aromatic N) is 3. The first-order valence-electron chi connectivity index (χ1n) is 7.89. The van der Waals surface area contributed by atoms with Gasteiger partial charge in [0.15, 0.2) is 0 Å². The molecular weight excluding hydrogens is 353 g/mol. The quantitative estimate of drug-likeness (QED) is 0.792. The molecule has 2 aliphatic heterocycles. The summed E-state index contributed by atoms with van der Waals surface area (Å²) in [6.45, 7) is 6.17. The fourth-order valence-corrected chi connectivity index (χ4v) is 3.40. The van der Waals surface area contributed by atoms with Crippen LogP contribution < -0.4 is 0 Å². The first-order valence-corrected chi connectivity index (χ1v) is 7.89. The first-order chi connectivity index (χ1) is 9.72. The number of benzene rings is 1. The number of rotatable bonds is 4. The second kappa shape index (κ2) is 10.8. The molecule has 0 saturated carbocycles. The maximum atomic E-state index is 2.69. The summed E-state index contributed by atoms with van der Waals surface area (Å²) in [4.78, 5) is 7.65. The molecule has 0 atom stereocenters. The van der Waals surface area contributed by atoms with E-state index in [2.05, 4.69) is 59.1 Å². The number of likely N-dealkylation sites (tertiary alicyclic amines) is 2. The number of likely N-dealkylation sites (N-methyl/N-ethyl adjacent to an activating group) is 1. The van der Waals surface area contributed by atoms with Crippen molar-refractivity contribution in [2.45, 2.75) is 31.5 Å². The van der Waals surface area contributed by atoms with Gasteiger partial charge in [0.25, 0.3) is 0 Å². The van der Waals surface area contributed by atoms with Gasteiger partial charge in [-0.05, 0) is 45.6 Å². The van der Waals surface area contributed by atoms with E-state index >= 15 is 0 Å². The Hall–Kier alpha value is -0.0300. The summed E-state index contributed by atoms with van der Waals surface area (Å²) in [7, 11) is 4.40. The molecule has 1 aromatic carbocycles. The molecule has 2 saturated heterocycles. The van der Waals surface area contributed by atoms with Gasteiger partial charge in [0.1, 0.15) is 0 Å². The van der Waals surface area contributed by atoms with Crippen molar-refractivity contribution in [2.75, 3.05) is 40.3 Å². The molecule has 134 valence electrons. The molecule has 1 aromatic rings. The van der Waals surface area contributed by atoms with Gasteiger partial charge >= 0.3 is 0 Å². The highest BCUT2D eigenvalue weighted by Gasteiger charge is 2.34. The zero-order valence-electron chi connectivity index (χ0n) is 14.1. The van der Waals surface area contributed by atoms with Crippen LogP contribution in [-0.4, -0.2) is 67.1 Å². The van der Waals surface area contributed by atoms with Gasteiger partial charge in [0.05, 0.1) is 0 Å². The third-order valence-electron chi connectivity index (χ3n) is 4.94. The molecule has 2 fully saturated rings. The summed E-state index contributed by atoms with van der Waals surface area (Å²) in [5.74, 6) is 0. The number of hydrogen-bond acceptors (Lipinski definition) is 3. The van der Waals surface area contributed by atoms with Crippen LogP contribution in [0.25, 0.3) is 0 Å². The zero-order chi connectivity index (χ0) is 13.9. The van der Waals surface area contributed by atoms with E-state index in [9.17, 15) is 0 Å². The van der Waals surface area contributed by atoms with Crippen LogP contribution in [0.5, 0.6) is 0 Å². The fourth-order valence-electron chi connectivity index (χ4n) is 3.40. The van der Waals surface area contributed by atoms with Crippen LogP contribution in [0.4, 0.5) is 0 Å². The van der Waals surface area contributed by atoms with Crippen LogP contribution in [0.15, 0.2) is 30.3 Å². The summed E-state index contributed by atoms with van der Waals surface area (Å²) >= 11 is 0. The van der Waals surface area contributed by atoms with Gasteiger partial charge < -0.3 is 4.90 Å². The molecule has 0 radical (unpaired) electrons. The molecule has 6 heteroatoms. The van der Waals surface area contributed by atoms with Gasteiger partial charge in [-0.25, -0.2) is 0 Å². The number of halogens is 3. The van der Waals surface area contributed by atoms with Crippen molar-refractivity contribution >= 4 is 37.2 Å². The van der Waals surface area contributed by atoms with E-state index < -0.39 is 0 Å². The van der Waals surface area contributed by atoms with E-state index in [0.717, 1.165) is 18.6 Å². The number of hydrogen-bond donors (Lipinski definition) is 0. The van der Waals surface area contributed by atoms with Crippen molar-refractivity contribution in [3.63, 3.8) is 0 Å². The molecule has 2 heterocycles. The highest BCUT2D eigenvalue weighted by Crippen LogP contribution is 2.24. The molecule has 0 aliphatic carbocycles. The molecule has 2 aliphatic rings. The van der Waals surface area contributed by atoms with Crippen LogP contribution in [-0.2, 0) is 6.54 Å². The summed E-state index contributed by atoms with van der Waals surface area (Å²) in [5, 5.41) is 0. The van der Waals surface area contributed by atoms with E-state index in [1.54, 1.807) is 0 Å². The lowest BCUT2D eigenvalue weighted by molar-refractivity contribution is 0.00171. The largest absolute Gasteiger partial charge is 0.304 e. The van der Waals surface area contributed by atoms with Crippen LogP contribution in [0, 0.1) is 0 Å². The molecule has 3 rings (SSSR count). The van der Waals surface area contributed by atoms with Gasteiger partial charge in [-0.1, -0.05) is 30.3 Å². The molecule has 0 N–H and O–H groups in total. The van der Waals surface area contributed by atoms with Gasteiger partial charge in [-0.15, -0.1) is 37.2 Å². The van der Waals surface area contributed by atoms with E-state index in [-0.39, 0.29) is 37.2 Å². The Morgan fingerprint density at radius 2 is 1.52 bits per heavy atom. The number of piperidine rings is 1. The van der Waals surface area contributed by atoms with Crippen LogP contribution in [0.2, 0.25) is 0 Å². The molecular formula is C17H30Cl3N3. The Kier molecular flexibility index (Phi) is 10.7. The van der Waals surface area contributed by atoms with Crippen molar-refractivity contribution in [1.29, 1.82) is 0 Å². The SMILES string of the molecule is CN(C)C1CN(C2CCN(Cc3ccccc3)CC2)C1.Cl.Cl.Cl. The Morgan fingerprint density at radius 3 is 2.04 bits per heavy atom. The first kappa shape index (κ1) is 23.0. The maximum Gasteiger partial charge on any atom is 0.0344 e. The molecule has 0 aromatic heterocycles. The van der Waals surface area contributed by atoms with Gasteiger partial charge in [-0.2, -0.15) is 0 Å². The van der Waals surface area contributed by atoms with Crippen LogP contribution in [0.1, 0.15) is 18.4 Å². The van der Waals surface area contributed by atoms with Gasteiger partial charge in [-0.3, -0.25) is 9.80 Å². The lowest BCUT2D eigenvalue weighted by atomic mass is 9.97.